The van der Waals surface area contributed by atoms with Crippen LogP contribution in [0.15, 0.2) is 54.9 Å². The average molecular weight is 493 g/mol. The number of nitrogens with one attached hydrogen (secondary N) is 2. The molecule has 2 aromatic carbocycles. The van der Waals surface area contributed by atoms with Crippen LogP contribution >= 0.6 is 0 Å². The first kappa shape index (κ1) is 23.5. The van der Waals surface area contributed by atoms with E-state index >= 15 is 0 Å². The summed E-state index contributed by atoms with van der Waals surface area (Å²) in [6, 6.07) is 12.0. The number of H-pyrrole nitrogens is 1. The largest absolute Gasteiger partial charge is 0.416 e. The number of amides is 1. The molecule has 184 valence electrons. The number of nitriles is 1. The summed E-state index contributed by atoms with van der Waals surface area (Å²) in [5.41, 5.74) is 3.38. The number of carbonyl (C=O) groups is 1. The SMILES string of the molecule is Cn1cc(-c2cc3c(N4CCC[C@@H](NC(=O)c5ccc(C(F)(F)F)cc5)C4)ccc(C#N)c3[nH]2)cn1. The van der Waals surface area contributed by atoms with Crippen LogP contribution in [0.2, 0.25) is 0 Å². The number of alkyl halides is 3. The molecule has 2 N–H and O–H groups in total. The fourth-order valence-electron chi connectivity index (χ4n) is 4.68. The lowest BCUT2D eigenvalue weighted by molar-refractivity contribution is -0.137. The molecular weight excluding hydrogens is 469 g/mol. The number of aromatic nitrogens is 3. The molecule has 1 fully saturated rings. The highest BCUT2D eigenvalue weighted by molar-refractivity contribution is 5.99. The zero-order chi connectivity index (χ0) is 25.4. The molecule has 0 aliphatic carbocycles. The number of carbonyl (C=O) groups excluding carboxylic acids is 1. The Morgan fingerprint density at radius 2 is 2.00 bits per heavy atom. The molecule has 4 aromatic rings. The Kier molecular flexibility index (Phi) is 5.92. The maximum atomic E-state index is 12.8. The molecule has 5 rings (SSSR count). The Hall–Kier alpha value is -4.26. The van der Waals surface area contributed by atoms with E-state index in [0.29, 0.717) is 12.1 Å². The Morgan fingerprint density at radius 1 is 1.22 bits per heavy atom. The predicted octanol–water partition coefficient (Wildman–Crippen LogP) is 4.86. The van der Waals surface area contributed by atoms with Gasteiger partial charge in [0, 0.05) is 60.3 Å². The van der Waals surface area contributed by atoms with Gasteiger partial charge in [0.25, 0.3) is 5.91 Å². The second-order valence-corrected chi connectivity index (χ2v) is 8.95. The molecule has 1 aliphatic heterocycles. The summed E-state index contributed by atoms with van der Waals surface area (Å²) in [5, 5.41) is 17.7. The Bertz CT molecular complexity index is 1460. The first-order valence-corrected chi connectivity index (χ1v) is 11.5. The van der Waals surface area contributed by atoms with Crippen LogP contribution in [0.1, 0.15) is 34.3 Å². The summed E-state index contributed by atoms with van der Waals surface area (Å²) in [6.07, 6.45) is 0.796. The molecular formula is C26H23F3N6O. The fraction of sp³-hybridized carbons (Fsp3) is 0.269. The number of halogens is 3. The van der Waals surface area contributed by atoms with Gasteiger partial charge in [0.1, 0.15) is 6.07 Å². The van der Waals surface area contributed by atoms with Crippen molar-refractivity contribution in [3.8, 4) is 17.3 Å². The lowest BCUT2D eigenvalue weighted by Gasteiger charge is -2.35. The number of benzene rings is 2. The van der Waals surface area contributed by atoms with Gasteiger partial charge >= 0.3 is 6.18 Å². The molecule has 1 aliphatic rings. The van der Waals surface area contributed by atoms with Gasteiger partial charge in [-0.15, -0.1) is 0 Å². The highest BCUT2D eigenvalue weighted by atomic mass is 19.4. The van der Waals surface area contributed by atoms with E-state index in [1.165, 1.54) is 12.1 Å². The number of aromatic amines is 1. The van der Waals surface area contributed by atoms with Crippen molar-refractivity contribution in [3.05, 3.63) is 71.5 Å². The van der Waals surface area contributed by atoms with Crippen molar-refractivity contribution >= 4 is 22.5 Å². The molecule has 1 amide bonds. The summed E-state index contributed by atoms with van der Waals surface area (Å²) in [7, 11) is 1.84. The molecule has 7 nitrogen and oxygen atoms in total. The van der Waals surface area contributed by atoms with Gasteiger partial charge in [0.2, 0.25) is 0 Å². The van der Waals surface area contributed by atoms with Gasteiger partial charge in [-0.2, -0.15) is 23.5 Å². The monoisotopic (exact) mass is 492 g/mol. The number of nitrogens with zero attached hydrogens (tertiary/aromatic N) is 4. The van der Waals surface area contributed by atoms with E-state index < -0.39 is 17.6 Å². The van der Waals surface area contributed by atoms with Gasteiger partial charge in [-0.1, -0.05) is 0 Å². The Morgan fingerprint density at radius 3 is 2.67 bits per heavy atom. The van der Waals surface area contributed by atoms with Crippen LogP contribution in [0.25, 0.3) is 22.2 Å². The normalized spacial score (nSPS) is 16.2. The zero-order valence-electron chi connectivity index (χ0n) is 19.4. The number of fused-ring (bicyclic) bond motifs is 1. The average Bonchev–Trinajstić information content (AvgIpc) is 3.50. The first-order chi connectivity index (χ1) is 17.2. The van der Waals surface area contributed by atoms with E-state index in [4.69, 9.17) is 0 Å². The van der Waals surface area contributed by atoms with Gasteiger partial charge in [0.05, 0.1) is 22.8 Å². The summed E-state index contributed by atoms with van der Waals surface area (Å²) < 4.78 is 40.2. The van der Waals surface area contributed by atoms with Crippen LogP contribution in [-0.2, 0) is 13.2 Å². The summed E-state index contributed by atoms with van der Waals surface area (Å²) >= 11 is 0. The van der Waals surface area contributed by atoms with E-state index in [1.54, 1.807) is 16.9 Å². The van der Waals surface area contributed by atoms with E-state index in [2.05, 4.69) is 26.4 Å². The molecule has 2 aromatic heterocycles. The van der Waals surface area contributed by atoms with Crippen LogP contribution in [0.5, 0.6) is 0 Å². The zero-order valence-corrected chi connectivity index (χ0v) is 19.4. The van der Waals surface area contributed by atoms with Crippen molar-refractivity contribution in [2.75, 3.05) is 18.0 Å². The third-order valence-corrected chi connectivity index (χ3v) is 6.48. The highest BCUT2D eigenvalue weighted by Crippen LogP contribution is 2.35. The molecule has 1 saturated heterocycles. The molecule has 10 heteroatoms. The minimum absolute atomic E-state index is 0.170. The topological polar surface area (TPSA) is 89.7 Å². The van der Waals surface area contributed by atoms with Crippen molar-refractivity contribution in [3.63, 3.8) is 0 Å². The molecule has 36 heavy (non-hydrogen) atoms. The Balaban J connectivity index is 1.37. The van der Waals surface area contributed by atoms with Crippen LogP contribution in [0.3, 0.4) is 0 Å². The smallest absolute Gasteiger partial charge is 0.369 e. The van der Waals surface area contributed by atoms with Gasteiger partial charge in [-0.3, -0.25) is 9.48 Å². The summed E-state index contributed by atoms with van der Waals surface area (Å²) in [6.45, 7) is 1.32. The fourth-order valence-corrected chi connectivity index (χ4v) is 4.68. The minimum Gasteiger partial charge on any atom is -0.369 e. The third-order valence-electron chi connectivity index (χ3n) is 6.48. The van der Waals surface area contributed by atoms with Crippen molar-refractivity contribution in [2.24, 2.45) is 7.05 Å². The van der Waals surface area contributed by atoms with Crippen LogP contribution in [-0.4, -0.2) is 39.8 Å². The number of aryl methyl sites for hydroxylation is 1. The second kappa shape index (κ2) is 9.07. The van der Waals surface area contributed by atoms with Gasteiger partial charge in [-0.25, -0.2) is 0 Å². The maximum absolute atomic E-state index is 12.8. The molecule has 1 atom stereocenters. The Labute approximate surface area is 205 Å². The molecule has 0 saturated carbocycles. The van der Waals surface area contributed by atoms with Crippen molar-refractivity contribution < 1.29 is 18.0 Å². The van der Waals surface area contributed by atoms with Crippen molar-refractivity contribution in [1.82, 2.24) is 20.1 Å². The van der Waals surface area contributed by atoms with Crippen LogP contribution in [0, 0.1) is 11.3 Å². The highest BCUT2D eigenvalue weighted by Gasteiger charge is 2.30. The number of anilines is 1. The molecule has 0 spiro atoms. The quantitative estimate of drug-likeness (QED) is 0.426. The number of hydrogen-bond acceptors (Lipinski definition) is 4. The van der Waals surface area contributed by atoms with E-state index in [9.17, 15) is 23.2 Å². The first-order valence-electron chi connectivity index (χ1n) is 11.5. The molecule has 0 bridgehead atoms. The van der Waals surface area contributed by atoms with Crippen molar-refractivity contribution in [2.45, 2.75) is 25.1 Å². The lowest BCUT2D eigenvalue weighted by atomic mass is 10.0. The summed E-state index contributed by atoms with van der Waals surface area (Å²) in [5.74, 6) is -0.402. The van der Waals surface area contributed by atoms with Crippen LogP contribution in [0.4, 0.5) is 18.9 Å². The summed E-state index contributed by atoms with van der Waals surface area (Å²) in [4.78, 5) is 18.2. The second-order valence-electron chi connectivity index (χ2n) is 8.95. The van der Waals surface area contributed by atoms with E-state index in [0.717, 1.165) is 59.4 Å². The number of hydrogen-bond donors (Lipinski definition) is 2. The molecule has 0 radical (unpaired) electrons. The minimum atomic E-state index is -4.44. The third kappa shape index (κ3) is 4.52. The van der Waals surface area contributed by atoms with E-state index in [1.807, 2.05) is 25.4 Å². The number of rotatable bonds is 4. The molecule has 0 unspecified atom stereocenters. The van der Waals surface area contributed by atoms with E-state index in [-0.39, 0.29) is 11.6 Å². The molecule has 3 heterocycles. The van der Waals surface area contributed by atoms with Gasteiger partial charge in [-0.05, 0) is 55.3 Å². The maximum Gasteiger partial charge on any atom is 0.416 e. The lowest BCUT2D eigenvalue weighted by Crippen LogP contribution is -2.47. The van der Waals surface area contributed by atoms with Gasteiger partial charge in [0.15, 0.2) is 0 Å². The van der Waals surface area contributed by atoms with Gasteiger partial charge < -0.3 is 15.2 Å². The van der Waals surface area contributed by atoms with Crippen LogP contribution < -0.4 is 10.2 Å². The van der Waals surface area contributed by atoms with Crippen molar-refractivity contribution in [1.29, 1.82) is 5.26 Å². The predicted molar refractivity (Wildman–Crippen MR) is 129 cm³/mol. The number of piperidine rings is 1. The standard InChI is InChI=1S/C26H23F3N6O/c1-34-14-18(13-31-34)22-11-21-23(9-6-17(12-30)24(21)33-22)35-10-2-3-20(15-35)32-25(36)16-4-7-19(8-5-16)26(27,28)29/h4-9,11,13-14,20,33H,2-3,10,15H2,1H3,(H,32,36)/t20-/m1/s1.